The lowest BCUT2D eigenvalue weighted by atomic mass is 10.0. The molecule has 1 unspecified atom stereocenters. The molecular weight excluding hydrogens is 198 g/mol. The van der Waals surface area contributed by atoms with E-state index in [4.69, 9.17) is 9.84 Å². The highest BCUT2D eigenvalue weighted by Crippen LogP contribution is 2.13. The van der Waals surface area contributed by atoms with Gasteiger partial charge in [0.15, 0.2) is 0 Å². The van der Waals surface area contributed by atoms with E-state index in [1.165, 1.54) is 0 Å². The Morgan fingerprint density at radius 2 is 2.14 bits per heavy atom. The van der Waals surface area contributed by atoms with Gasteiger partial charge >= 0.3 is 0 Å². The zero-order valence-corrected chi connectivity index (χ0v) is 10.3. The number of thioether (sulfide) groups is 1. The van der Waals surface area contributed by atoms with E-state index in [0.717, 1.165) is 31.0 Å². The first-order valence-corrected chi connectivity index (χ1v) is 6.20. The van der Waals surface area contributed by atoms with E-state index in [-0.39, 0.29) is 12.1 Å². The molecule has 0 saturated heterocycles. The summed E-state index contributed by atoms with van der Waals surface area (Å²) < 4.78 is 4.97. The highest BCUT2D eigenvalue weighted by molar-refractivity contribution is 7.99. The summed E-state index contributed by atoms with van der Waals surface area (Å²) in [6.45, 7) is 3.08. The summed E-state index contributed by atoms with van der Waals surface area (Å²) in [4.78, 5) is 0. The fourth-order valence-corrected chi connectivity index (χ4v) is 2.11. The molecule has 0 aromatic carbocycles. The molecular formula is C10H23NO2S. The normalized spacial score (nSPS) is 15.4. The van der Waals surface area contributed by atoms with Crippen LogP contribution in [0.25, 0.3) is 0 Å². The van der Waals surface area contributed by atoms with Crippen LogP contribution in [0.1, 0.15) is 19.8 Å². The molecule has 0 spiro atoms. The van der Waals surface area contributed by atoms with Gasteiger partial charge in [-0.2, -0.15) is 11.8 Å². The summed E-state index contributed by atoms with van der Waals surface area (Å²) in [5.41, 5.74) is -0.117. The van der Waals surface area contributed by atoms with Gasteiger partial charge in [-0.15, -0.1) is 0 Å². The van der Waals surface area contributed by atoms with E-state index in [0.29, 0.717) is 0 Å². The second-order valence-electron chi connectivity index (χ2n) is 3.68. The van der Waals surface area contributed by atoms with Crippen LogP contribution in [0.4, 0.5) is 0 Å². The molecule has 0 aliphatic rings. The number of methoxy groups -OCH3 is 1. The van der Waals surface area contributed by atoms with Crippen LogP contribution in [0.2, 0.25) is 0 Å². The summed E-state index contributed by atoms with van der Waals surface area (Å²) in [5, 5.41) is 12.3. The Morgan fingerprint density at radius 3 is 2.64 bits per heavy atom. The van der Waals surface area contributed by atoms with Gasteiger partial charge in [-0.05, 0) is 38.3 Å². The number of rotatable bonds is 9. The van der Waals surface area contributed by atoms with Gasteiger partial charge in [0.2, 0.25) is 0 Å². The molecule has 0 aliphatic heterocycles. The molecule has 0 radical (unpaired) electrons. The minimum absolute atomic E-state index is 0.117. The van der Waals surface area contributed by atoms with E-state index >= 15 is 0 Å². The predicted molar refractivity (Wildman–Crippen MR) is 63.0 cm³/mol. The van der Waals surface area contributed by atoms with Crippen molar-refractivity contribution < 1.29 is 9.84 Å². The summed E-state index contributed by atoms with van der Waals surface area (Å²) in [5.74, 6) is 2.22. The first kappa shape index (κ1) is 14.2. The number of aliphatic hydroxyl groups excluding tert-OH is 1. The third kappa shape index (κ3) is 6.65. The Kier molecular flexibility index (Phi) is 8.67. The monoisotopic (exact) mass is 221 g/mol. The Morgan fingerprint density at radius 1 is 1.43 bits per heavy atom. The van der Waals surface area contributed by atoms with Crippen molar-refractivity contribution in [1.82, 2.24) is 5.32 Å². The summed E-state index contributed by atoms with van der Waals surface area (Å²) in [6, 6.07) is 0. The molecule has 0 amide bonds. The van der Waals surface area contributed by atoms with Crippen LogP contribution in [0, 0.1) is 0 Å². The van der Waals surface area contributed by atoms with Gasteiger partial charge in [0, 0.05) is 19.3 Å². The van der Waals surface area contributed by atoms with Crippen molar-refractivity contribution in [2.75, 3.05) is 38.9 Å². The maximum Gasteiger partial charge on any atom is 0.0610 e. The fourth-order valence-electron chi connectivity index (χ4n) is 0.988. The molecule has 0 saturated carbocycles. The average Bonchev–Trinajstić information content (AvgIpc) is 2.23. The van der Waals surface area contributed by atoms with E-state index in [1.54, 1.807) is 7.11 Å². The fraction of sp³-hybridized carbons (Fsp3) is 1.00. The van der Waals surface area contributed by atoms with Crippen LogP contribution in [0.5, 0.6) is 0 Å². The smallest absolute Gasteiger partial charge is 0.0610 e. The summed E-state index contributed by atoms with van der Waals surface area (Å²) in [7, 11) is 3.63. The lowest BCUT2D eigenvalue weighted by molar-refractivity contribution is 0.179. The quantitative estimate of drug-likeness (QED) is 0.573. The zero-order valence-electron chi connectivity index (χ0n) is 9.51. The maximum absolute atomic E-state index is 9.13. The van der Waals surface area contributed by atoms with Crippen LogP contribution in [0.3, 0.4) is 0 Å². The van der Waals surface area contributed by atoms with Crippen LogP contribution >= 0.6 is 11.8 Å². The first-order valence-electron chi connectivity index (χ1n) is 5.05. The third-order valence-corrected chi connectivity index (χ3v) is 3.46. The molecule has 0 heterocycles. The molecule has 1 atom stereocenters. The molecule has 86 valence electrons. The minimum Gasteiger partial charge on any atom is -0.394 e. The van der Waals surface area contributed by atoms with Gasteiger partial charge < -0.3 is 15.2 Å². The number of nitrogens with one attached hydrogen (secondary N) is 1. The summed E-state index contributed by atoms with van der Waals surface area (Å²) in [6.07, 6.45) is 2.11. The van der Waals surface area contributed by atoms with E-state index in [9.17, 15) is 0 Å². The van der Waals surface area contributed by atoms with Crippen LogP contribution < -0.4 is 5.32 Å². The number of hydrogen-bond acceptors (Lipinski definition) is 4. The predicted octanol–water partition coefficient (Wildman–Crippen LogP) is 1.12. The SMILES string of the molecule is CNC(C)(CO)CCSCCCOC. The second-order valence-corrected chi connectivity index (χ2v) is 4.90. The largest absolute Gasteiger partial charge is 0.394 e. The van der Waals surface area contributed by atoms with Crippen molar-refractivity contribution >= 4 is 11.8 Å². The molecule has 4 heteroatoms. The number of likely N-dealkylation sites (N-methyl/N-ethyl adjacent to an activating group) is 1. The molecule has 2 N–H and O–H groups in total. The molecule has 0 bridgehead atoms. The van der Waals surface area contributed by atoms with Crippen molar-refractivity contribution in [1.29, 1.82) is 0 Å². The maximum atomic E-state index is 9.13. The standard InChI is InChI=1S/C10H23NO2S/c1-10(9-12,11-2)5-8-14-7-4-6-13-3/h11-12H,4-9H2,1-3H3. The molecule has 0 aromatic rings. The van der Waals surface area contributed by atoms with Gasteiger partial charge in [-0.1, -0.05) is 0 Å². The van der Waals surface area contributed by atoms with Gasteiger partial charge in [-0.25, -0.2) is 0 Å². The van der Waals surface area contributed by atoms with Gasteiger partial charge in [0.25, 0.3) is 0 Å². The van der Waals surface area contributed by atoms with Gasteiger partial charge in [0.1, 0.15) is 0 Å². The Bertz CT molecular complexity index is 129. The molecule has 0 aromatic heterocycles. The first-order chi connectivity index (χ1) is 6.68. The van der Waals surface area contributed by atoms with Crippen LogP contribution in [-0.2, 0) is 4.74 Å². The Labute approximate surface area is 91.6 Å². The number of aliphatic hydroxyl groups is 1. The van der Waals surface area contributed by atoms with Gasteiger partial charge in [0.05, 0.1) is 6.61 Å². The zero-order chi connectivity index (χ0) is 10.9. The van der Waals surface area contributed by atoms with E-state index in [1.807, 2.05) is 25.7 Å². The average molecular weight is 221 g/mol. The molecule has 3 nitrogen and oxygen atoms in total. The van der Waals surface area contributed by atoms with Crippen molar-refractivity contribution in [3.63, 3.8) is 0 Å². The lowest BCUT2D eigenvalue weighted by Crippen LogP contribution is -2.43. The molecule has 0 fully saturated rings. The minimum atomic E-state index is -0.117. The number of hydrogen-bond donors (Lipinski definition) is 2. The highest BCUT2D eigenvalue weighted by Gasteiger charge is 2.19. The summed E-state index contributed by atoms with van der Waals surface area (Å²) >= 11 is 1.92. The Balaban J connectivity index is 3.34. The highest BCUT2D eigenvalue weighted by atomic mass is 32.2. The van der Waals surface area contributed by atoms with Crippen molar-refractivity contribution in [3.05, 3.63) is 0 Å². The van der Waals surface area contributed by atoms with E-state index in [2.05, 4.69) is 5.32 Å². The lowest BCUT2D eigenvalue weighted by Gasteiger charge is -2.26. The topological polar surface area (TPSA) is 41.5 Å². The van der Waals surface area contributed by atoms with Crippen LogP contribution in [0.15, 0.2) is 0 Å². The molecule has 14 heavy (non-hydrogen) atoms. The van der Waals surface area contributed by atoms with E-state index < -0.39 is 0 Å². The van der Waals surface area contributed by atoms with Crippen molar-refractivity contribution in [3.8, 4) is 0 Å². The second kappa shape index (κ2) is 8.53. The van der Waals surface area contributed by atoms with Crippen LogP contribution in [-0.4, -0.2) is 49.5 Å². The molecule has 0 rings (SSSR count). The Hall–Kier alpha value is 0.230. The number of ether oxygens (including phenoxy) is 1. The molecule has 0 aliphatic carbocycles. The van der Waals surface area contributed by atoms with Crippen molar-refractivity contribution in [2.24, 2.45) is 0 Å². The van der Waals surface area contributed by atoms with Crippen molar-refractivity contribution in [2.45, 2.75) is 25.3 Å². The van der Waals surface area contributed by atoms with Gasteiger partial charge in [-0.3, -0.25) is 0 Å². The third-order valence-electron chi connectivity index (χ3n) is 2.39.